The van der Waals surface area contributed by atoms with Crippen LogP contribution in [0.2, 0.25) is 0 Å². The number of methoxy groups -OCH3 is 1. The number of aromatic nitrogens is 3. The number of ether oxygens (including phenoxy) is 2. The Balaban J connectivity index is 2.27. The van der Waals surface area contributed by atoms with Gasteiger partial charge in [-0.1, -0.05) is 0 Å². The molecule has 0 aromatic carbocycles. The van der Waals surface area contributed by atoms with E-state index in [0.29, 0.717) is 17.0 Å². The molecule has 6 nitrogen and oxygen atoms in total. The van der Waals surface area contributed by atoms with Crippen molar-refractivity contribution >= 4 is 6.09 Å². The summed E-state index contributed by atoms with van der Waals surface area (Å²) in [6.07, 6.45) is 4.25. The quantitative estimate of drug-likeness (QED) is 0.843. The first-order valence-corrected chi connectivity index (χ1v) is 6.18. The Bertz CT molecular complexity index is 614. The monoisotopic (exact) mass is 275 g/mol. The number of pyridine rings is 1. The highest BCUT2D eigenvalue weighted by molar-refractivity contribution is 5.73. The van der Waals surface area contributed by atoms with E-state index in [0.717, 1.165) is 4.68 Å². The Morgan fingerprint density at radius 2 is 2.10 bits per heavy atom. The summed E-state index contributed by atoms with van der Waals surface area (Å²) in [5.74, 6) is 0.622. The molecule has 0 atom stereocenters. The van der Waals surface area contributed by atoms with Crippen molar-refractivity contribution in [2.75, 3.05) is 7.11 Å². The molecule has 0 bridgehead atoms. The molecule has 0 saturated heterocycles. The summed E-state index contributed by atoms with van der Waals surface area (Å²) in [5.41, 5.74) is 0.754. The molecule has 0 aliphatic heterocycles. The van der Waals surface area contributed by atoms with E-state index in [-0.39, 0.29) is 0 Å². The standard InChI is InChI=1S/C14H17N3O3/c1-14(2,3)20-13(18)17-9-10(8-16-17)12-11(19-4)6-5-7-15-12/h5-9H,1-4H3. The molecular formula is C14H17N3O3. The van der Waals surface area contributed by atoms with Gasteiger partial charge in [0.1, 0.15) is 17.0 Å². The van der Waals surface area contributed by atoms with Crippen molar-refractivity contribution in [2.45, 2.75) is 26.4 Å². The second-order valence-corrected chi connectivity index (χ2v) is 5.21. The van der Waals surface area contributed by atoms with Crippen molar-refractivity contribution in [3.05, 3.63) is 30.7 Å². The summed E-state index contributed by atoms with van der Waals surface area (Å²) >= 11 is 0. The molecule has 106 valence electrons. The Hall–Kier alpha value is -2.37. The average molecular weight is 275 g/mol. The minimum Gasteiger partial charge on any atom is -0.494 e. The third-order valence-electron chi connectivity index (χ3n) is 2.43. The molecule has 0 N–H and O–H groups in total. The molecule has 2 rings (SSSR count). The van der Waals surface area contributed by atoms with Gasteiger partial charge in [0, 0.05) is 18.0 Å². The van der Waals surface area contributed by atoms with Gasteiger partial charge in [-0.15, -0.1) is 0 Å². The fraction of sp³-hybridized carbons (Fsp3) is 0.357. The molecule has 0 saturated carbocycles. The molecule has 6 heteroatoms. The van der Waals surface area contributed by atoms with Crippen molar-refractivity contribution in [2.24, 2.45) is 0 Å². The molecule has 0 amide bonds. The van der Waals surface area contributed by atoms with Gasteiger partial charge in [-0.05, 0) is 32.9 Å². The van der Waals surface area contributed by atoms with Crippen molar-refractivity contribution in [3.8, 4) is 17.0 Å². The van der Waals surface area contributed by atoms with Gasteiger partial charge >= 0.3 is 6.09 Å². The van der Waals surface area contributed by atoms with Gasteiger partial charge in [-0.25, -0.2) is 4.79 Å². The predicted molar refractivity (Wildman–Crippen MR) is 73.6 cm³/mol. The van der Waals surface area contributed by atoms with E-state index < -0.39 is 11.7 Å². The highest BCUT2D eigenvalue weighted by Crippen LogP contribution is 2.26. The number of hydrogen-bond acceptors (Lipinski definition) is 5. The minimum absolute atomic E-state index is 0.529. The maximum absolute atomic E-state index is 11.9. The lowest BCUT2D eigenvalue weighted by atomic mass is 10.2. The third kappa shape index (κ3) is 3.14. The predicted octanol–water partition coefficient (Wildman–Crippen LogP) is 2.74. The molecular weight excluding hydrogens is 258 g/mol. The zero-order valence-corrected chi connectivity index (χ0v) is 12.0. The van der Waals surface area contributed by atoms with Gasteiger partial charge in [-0.3, -0.25) is 4.98 Å². The second-order valence-electron chi connectivity index (χ2n) is 5.21. The highest BCUT2D eigenvalue weighted by atomic mass is 16.6. The van der Waals surface area contributed by atoms with Crippen LogP contribution < -0.4 is 4.74 Å². The fourth-order valence-electron chi connectivity index (χ4n) is 1.63. The van der Waals surface area contributed by atoms with Crippen LogP contribution in [0.3, 0.4) is 0 Å². The SMILES string of the molecule is COc1cccnc1-c1cnn(C(=O)OC(C)(C)C)c1. The van der Waals surface area contributed by atoms with Crippen LogP contribution in [-0.4, -0.2) is 33.6 Å². The smallest absolute Gasteiger partial charge is 0.435 e. The van der Waals surface area contributed by atoms with E-state index in [4.69, 9.17) is 9.47 Å². The lowest BCUT2D eigenvalue weighted by molar-refractivity contribution is 0.0514. The van der Waals surface area contributed by atoms with E-state index in [1.54, 1.807) is 58.6 Å². The van der Waals surface area contributed by atoms with Crippen LogP contribution >= 0.6 is 0 Å². The summed E-state index contributed by atoms with van der Waals surface area (Å²) in [6.45, 7) is 5.41. The van der Waals surface area contributed by atoms with Gasteiger partial charge in [-0.2, -0.15) is 9.78 Å². The van der Waals surface area contributed by atoms with Gasteiger partial charge in [0.15, 0.2) is 0 Å². The molecule has 0 radical (unpaired) electrons. The maximum atomic E-state index is 11.9. The zero-order valence-electron chi connectivity index (χ0n) is 12.0. The second kappa shape index (κ2) is 5.32. The van der Waals surface area contributed by atoms with Crippen LogP contribution in [0.4, 0.5) is 4.79 Å². The maximum Gasteiger partial charge on any atom is 0.435 e. The number of hydrogen-bond donors (Lipinski definition) is 0. The van der Waals surface area contributed by atoms with Gasteiger partial charge in [0.05, 0.1) is 13.3 Å². The van der Waals surface area contributed by atoms with Crippen LogP contribution in [-0.2, 0) is 4.74 Å². The first-order chi connectivity index (χ1) is 9.40. The lowest BCUT2D eigenvalue weighted by Crippen LogP contribution is -2.27. The Labute approximate surface area is 117 Å². The fourth-order valence-corrected chi connectivity index (χ4v) is 1.63. The average Bonchev–Trinajstić information content (AvgIpc) is 2.86. The van der Waals surface area contributed by atoms with E-state index in [2.05, 4.69) is 10.1 Å². The number of carbonyl (C=O) groups excluding carboxylic acids is 1. The van der Waals surface area contributed by atoms with Gasteiger partial charge < -0.3 is 9.47 Å². The van der Waals surface area contributed by atoms with E-state index >= 15 is 0 Å². The summed E-state index contributed by atoms with van der Waals surface area (Å²) in [5, 5.41) is 4.00. The van der Waals surface area contributed by atoms with E-state index in [1.165, 1.54) is 0 Å². The molecule has 20 heavy (non-hydrogen) atoms. The van der Waals surface area contributed by atoms with Gasteiger partial charge in [0.2, 0.25) is 0 Å². The summed E-state index contributed by atoms with van der Waals surface area (Å²) in [4.78, 5) is 16.1. The first-order valence-electron chi connectivity index (χ1n) is 6.18. The minimum atomic E-state index is -0.564. The molecule has 0 unspecified atom stereocenters. The van der Waals surface area contributed by atoms with Crippen molar-refractivity contribution in [1.29, 1.82) is 0 Å². The number of nitrogens with zero attached hydrogens (tertiary/aromatic N) is 3. The lowest BCUT2D eigenvalue weighted by Gasteiger charge is -2.18. The van der Waals surface area contributed by atoms with Crippen molar-refractivity contribution in [1.82, 2.24) is 14.8 Å². The van der Waals surface area contributed by atoms with Crippen molar-refractivity contribution in [3.63, 3.8) is 0 Å². The third-order valence-corrected chi connectivity index (χ3v) is 2.43. The van der Waals surface area contributed by atoms with Crippen LogP contribution in [0.25, 0.3) is 11.3 Å². The molecule has 0 spiro atoms. The van der Waals surface area contributed by atoms with Crippen LogP contribution in [0.15, 0.2) is 30.7 Å². The first kappa shape index (κ1) is 14.0. The summed E-state index contributed by atoms with van der Waals surface area (Å²) in [7, 11) is 1.57. The molecule has 0 aliphatic carbocycles. The largest absolute Gasteiger partial charge is 0.494 e. The Morgan fingerprint density at radius 3 is 2.75 bits per heavy atom. The normalized spacial score (nSPS) is 11.2. The zero-order chi connectivity index (χ0) is 14.8. The molecule has 2 heterocycles. The summed E-state index contributed by atoms with van der Waals surface area (Å²) in [6, 6.07) is 3.58. The Kier molecular flexibility index (Phi) is 3.74. The van der Waals surface area contributed by atoms with Crippen LogP contribution in [0.5, 0.6) is 5.75 Å². The highest BCUT2D eigenvalue weighted by Gasteiger charge is 2.19. The number of rotatable bonds is 2. The molecule has 0 aliphatic rings. The van der Waals surface area contributed by atoms with Gasteiger partial charge in [0.25, 0.3) is 0 Å². The molecule has 2 aromatic rings. The van der Waals surface area contributed by atoms with Crippen LogP contribution in [0.1, 0.15) is 20.8 Å². The summed E-state index contributed by atoms with van der Waals surface area (Å²) < 4.78 is 11.6. The van der Waals surface area contributed by atoms with Crippen molar-refractivity contribution < 1.29 is 14.3 Å². The van der Waals surface area contributed by atoms with E-state index in [1.807, 2.05) is 0 Å². The molecule has 0 fully saturated rings. The topological polar surface area (TPSA) is 66.2 Å². The molecule has 2 aromatic heterocycles. The Morgan fingerprint density at radius 1 is 1.35 bits per heavy atom. The van der Waals surface area contributed by atoms with Crippen LogP contribution in [0, 0.1) is 0 Å². The van der Waals surface area contributed by atoms with E-state index in [9.17, 15) is 4.79 Å². The number of carbonyl (C=O) groups is 1.